The minimum atomic E-state index is -0.188. The van der Waals surface area contributed by atoms with Gasteiger partial charge in [-0.15, -0.1) is 0 Å². The summed E-state index contributed by atoms with van der Waals surface area (Å²) in [6.45, 7) is 2.36. The van der Waals surface area contributed by atoms with Crippen molar-refractivity contribution in [3.8, 4) is 0 Å². The third kappa shape index (κ3) is 2.95. The smallest absolute Gasteiger partial charge is 0.258 e. The predicted molar refractivity (Wildman–Crippen MR) is 91.4 cm³/mol. The summed E-state index contributed by atoms with van der Waals surface area (Å²) < 4.78 is 13.4. The average Bonchev–Trinajstić information content (AvgIpc) is 3.03. The molecule has 2 heterocycles. The van der Waals surface area contributed by atoms with E-state index in [0.717, 1.165) is 30.6 Å². The molecule has 1 fully saturated rings. The quantitative estimate of drug-likeness (QED) is 0.806. The SMILES string of the molecule is O=c1[nH]c(CN2CCC(c3cccc(F)c3)C2)nc2ccccc12. The molecule has 1 saturated heterocycles. The van der Waals surface area contributed by atoms with E-state index in [0.29, 0.717) is 23.7 Å². The Kier molecular flexibility index (Phi) is 3.86. The number of H-pyrrole nitrogens is 1. The van der Waals surface area contributed by atoms with Gasteiger partial charge < -0.3 is 4.98 Å². The van der Waals surface area contributed by atoms with Crippen LogP contribution in [0.4, 0.5) is 4.39 Å². The van der Waals surface area contributed by atoms with Gasteiger partial charge in [0.15, 0.2) is 0 Å². The number of fused-ring (bicyclic) bond motifs is 1. The number of aromatic nitrogens is 2. The summed E-state index contributed by atoms with van der Waals surface area (Å²) in [7, 11) is 0. The van der Waals surface area contributed by atoms with Crippen LogP contribution >= 0.6 is 0 Å². The largest absolute Gasteiger partial charge is 0.309 e. The van der Waals surface area contributed by atoms with Crippen molar-refractivity contribution in [3.63, 3.8) is 0 Å². The van der Waals surface area contributed by atoms with E-state index in [1.807, 2.05) is 24.3 Å². The van der Waals surface area contributed by atoms with Gasteiger partial charge in [0.25, 0.3) is 5.56 Å². The standard InChI is InChI=1S/C19H18FN3O/c20-15-5-3-4-13(10-15)14-8-9-23(11-14)12-18-21-17-7-2-1-6-16(17)19(24)22-18/h1-7,10,14H,8-9,11-12H2,(H,21,22,24). The van der Waals surface area contributed by atoms with E-state index in [-0.39, 0.29) is 11.4 Å². The highest BCUT2D eigenvalue weighted by molar-refractivity contribution is 5.77. The number of hydrogen-bond donors (Lipinski definition) is 1. The van der Waals surface area contributed by atoms with Crippen molar-refractivity contribution in [2.75, 3.05) is 13.1 Å². The number of hydrogen-bond acceptors (Lipinski definition) is 3. The molecule has 0 radical (unpaired) electrons. The number of benzene rings is 2. The first-order valence-corrected chi connectivity index (χ1v) is 8.15. The molecule has 4 rings (SSSR count). The molecular weight excluding hydrogens is 305 g/mol. The Hall–Kier alpha value is -2.53. The maximum Gasteiger partial charge on any atom is 0.258 e. The van der Waals surface area contributed by atoms with E-state index >= 15 is 0 Å². The monoisotopic (exact) mass is 323 g/mol. The zero-order valence-corrected chi connectivity index (χ0v) is 13.2. The molecule has 1 aromatic heterocycles. The van der Waals surface area contributed by atoms with E-state index in [1.165, 1.54) is 6.07 Å². The fourth-order valence-corrected chi connectivity index (χ4v) is 3.43. The average molecular weight is 323 g/mol. The van der Waals surface area contributed by atoms with Crippen molar-refractivity contribution in [1.82, 2.24) is 14.9 Å². The highest BCUT2D eigenvalue weighted by Gasteiger charge is 2.24. The number of halogens is 1. The second-order valence-corrected chi connectivity index (χ2v) is 6.31. The molecule has 0 amide bonds. The lowest BCUT2D eigenvalue weighted by atomic mass is 9.98. The van der Waals surface area contributed by atoms with Gasteiger partial charge in [-0.2, -0.15) is 0 Å². The highest BCUT2D eigenvalue weighted by Crippen LogP contribution is 2.28. The Bertz CT molecular complexity index is 937. The highest BCUT2D eigenvalue weighted by atomic mass is 19.1. The Balaban J connectivity index is 1.52. The molecular formula is C19H18FN3O. The molecule has 122 valence electrons. The van der Waals surface area contributed by atoms with Crippen molar-refractivity contribution in [3.05, 3.63) is 76.1 Å². The minimum Gasteiger partial charge on any atom is -0.309 e. The van der Waals surface area contributed by atoms with Crippen LogP contribution in [0.1, 0.15) is 23.7 Å². The van der Waals surface area contributed by atoms with Crippen LogP contribution in [0.15, 0.2) is 53.3 Å². The molecule has 0 aliphatic carbocycles. The van der Waals surface area contributed by atoms with Gasteiger partial charge in [-0.05, 0) is 48.7 Å². The van der Waals surface area contributed by atoms with Gasteiger partial charge >= 0.3 is 0 Å². The molecule has 1 unspecified atom stereocenters. The van der Waals surface area contributed by atoms with Crippen molar-refractivity contribution >= 4 is 10.9 Å². The summed E-state index contributed by atoms with van der Waals surface area (Å²) in [6, 6.07) is 14.2. The molecule has 2 aromatic carbocycles. The first-order chi connectivity index (χ1) is 11.7. The van der Waals surface area contributed by atoms with Crippen molar-refractivity contribution < 1.29 is 4.39 Å². The fraction of sp³-hybridized carbons (Fsp3) is 0.263. The molecule has 1 aliphatic heterocycles. The minimum absolute atomic E-state index is 0.100. The number of para-hydroxylation sites is 1. The molecule has 0 bridgehead atoms. The van der Waals surface area contributed by atoms with E-state index in [2.05, 4.69) is 14.9 Å². The van der Waals surface area contributed by atoms with Crippen molar-refractivity contribution in [1.29, 1.82) is 0 Å². The second kappa shape index (κ2) is 6.17. The maximum atomic E-state index is 13.4. The Morgan fingerprint density at radius 2 is 2.08 bits per heavy atom. The van der Waals surface area contributed by atoms with Gasteiger partial charge in [-0.3, -0.25) is 9.69 Å². The Morgan fingerprint density at radius 1 is 1.21 bits per heavy atom. The van der Waals surface area contributed by atoms with Crippen LogP contribution in [-0.4, -0.2) is 28.0 Å². The van der Waals surface area contributed by atoms with Gasteiger partial charge in [0.2, 0.25) is 0 Å². The number of nitrogens with one attached hydrogen (secondary N) is 1. The molecule has 0 saturated carbocycles. The van der Waals surface area contributed by atoms with E-state index < -0.39 is 0 Å². The zero-order chi connectivity index (χ0) is 16.5. The maximum absolute atomic E-state index is 13.4. The molecule has 3 aromatic rings. The summed E-state index contributed by atoms with van der Waals surface area (Å²) in [5.74, 6) is 0.818. The second-order valence-electron chi connectivity index (χ2n) is 6.31. The summed E-state index contributed by atoms with van der Waals surface area (Å²) in [4.78, 5) is 21.8. The first-order valence-electron chi connectivity index (χ1n) is 8.15. The molecule has 24 heavy (non-hydrogen) atoms. The van der Waals surface area contributed by atoms with E-state index in [4.69, 9.17) is 0 Å². The van der Waals surface area contributed by atoms with Crippen LogP contribution in [0, 0.1) is 5.82 Å². The van der Waals surface area contributed by atoms with Crippen LogP contribution in [-0.2, 0) is 6.54 Å². The normalized spacial score (nSPS) is 18.3. The summed E-state index contributed by atoms with van der Waals surface area (Å²) in [5, 5.41) is 0.611. The first kappa shape index (κ1) is 15.0. The van der Waals surface area contributed by atoms with Crippen molar-refractivity contribution in [2.45, 2.75) is 18.9 Å². The number of aromatic amines is 1. The van der Waals surface area contributed by atoms with Crippen molar-refractivity contribution in [2.24, 2.45) is 0 Å². The summed E-state index contributed by atoms with van der Waals surface area (Å²) in [6.07, 6.45) is 0.987. The van der Waals surface area contributed by atoms with Crippen LogP contribution < -0.4 is 5.56 Å². The predicted octanol–water partition coefficient (Wildman–Crippen LogP) is 3.05. The number of likely N-dealkylation sites (tertiary alicyclic amines) is 1. The fourth-order valence-electron chi connectivity index (χ4n) is 3.43. The Morgan fingerprint density at radius 3 is 2.96 bits per heavy atom. The zero-order valence-electron chi connectivity index (χ0n) is 13.2. The molecule has 5 heteroatoms. The number of nitrogens with zero attached hydrogens (tertiary/aromatic N) is 2. The molecule has 1 N–H and O–H groups in total. The van der Waals surface area contributed by atoms with Gasteiger partial charge in [-0.1, -0.05) is 24.3 Å². The lowest BCUT2D eigenvalue weighted by Crippen LogP contribution is -2.23. The number of rotatable bonds is 3. The molecule has 0 spiro atoms. The molecule has 1 aliphatic rings. The van der Waals surface area contributed by atoms with Gasteiger partial charge in [-0.25, -0.2) is 9.37 Å². The van der Waals surface area contributed by atoms with Crippen LogP contribution in [0.25, 0.3) is 10.9 Å². The molecule has 1 atom stereocenters. The van der Waals surface area contributed by atoms with Crippen LogP contribution in [0.2, 0.25) is 0 Å². The van der Waals surface area contributed by atoms with Gasteiger partial charge in [0.1, 0.15) is 11.6 Å². The third-order valence-electron chi connectivity index (χ3n) is 4.63. The van der Waals surface area contributed by atoms with Crippen LogP contribution in [0.3, 0.4) is 0 Å². The van der Waals surface area contributed by atoms with E-state index in [1.54, 1.807) is 18.2 Å². The van der Waals surface area contributed by atoms with Crippen LogP contribution in [0.5, 0.6) is 0 Å². The summed E-state index contributed by atoms with van der Waals surface area (Å²) >= 11 is 0. The van der Waals surface area contributed by atoms with E-state index in [9.17, 15) is 9.18 Å². The topological polar surface area (TPSA) is 49.0 Å². The summed E-state index contributed by atoms with van der Waals surface area (Å²) in [5.41, 5.74) is 1.66. The lowest BCUT2D eigenvalue weighted by Gasteiger charge is -2.16. The third-order valence-corrected chi connectivity index (χ3v) is 4.63. The van der Waals surface area contributed by atoms with Gasteiger partial charge in [0.05, 0.1) is 17.4 Å². The molecule has 4 nitrogen and oxygen atoms in total. The Labute approximate surface area is 139 Å². The lowest BCUT2D eigenvalue weighted by molar-refractivity contribution is 0.318. The van der Waals surface area contributed by atoms with Gasteiger partial charge in [0, 0.05) is 6.54 Å².